The van der Waals surface area contributed by atoms with Crippen LogP contribution in [0.5, 0.6) is 0 Å². The molecule has 2 aromatic rings. The van der Waals surface area contributed by atoms with Gasteiger partial charge in [0, 0.05) is 12.1 Å². The van der Waals surface area contributed by atoms with E-state index in [1.165, 1.54) is 25.7 Å². The van der Waals surface area contributed by atoms with Gasteiger partial charge in [0.05, 0.1) is 14.6 Å². The Bertz CT molecular complexity index is 700. The van der Waals surface area contributed by atoms with E-state index in [4.69, 9.17) is 12.2 Å². The van der Waals surface area contributed by atoms with Gasteiger partial charge in [-0.1, -0.05) is 0 Å². The van der Waals surface area contributed by atoms with Crippen LogP contribution in [0.4, 0.5) is 4.39 Å². The minimum atomic E-state index is -0.152. The van der Waals surface area contributed by atoms with Crippen molar-refractivity contribution in [1.29, 1.82) is 0 Å². The molecule has 0 radical (unpaired) electrons. The maximum Gasteiger partial charge on any atom is 0.178 e. The quantitative estimate of drug-likeness (QED) is 0.592. The number of halogens is 2. The molecule has 1 heterocycles. The first-order valence-corrected chi connectivity index (χ1v) is 8.23. The Morgan fingerprint density at radius 1 is 1.26 bits per heavy atom. The number of hydrogen-bond donors (Lipinski definition) is 1. The fourth-order valence-electron chi connectivity index (χ4n) is 3.10. The molecular weight excluding hydrogens is 374 g/mol. The lowest BCUT2D eigenvalue weighted by Crippen LogP contribution is -2.13. The highest BCUT2D eigenvalue weighted by atomic mass is 127. The van der Waals surface area contributed by atoms with Crippen LogP contribution in [0.1, 0.15) is 31.7 Å². The zero-order chi connectivity index (χ0) is 13.1. The molecule has 4 rings (SSSR count). The summed E-state index contributed by atoms with van der Waals surface area (Å²) in [7, 11) is 0. The second-order valence-electron chi connectivity index (χ2n) is 5.75. The molecule has 0 atom stereocenters. The number of fused-ring (bicyclic) bond motifs is 1. The maximum absolute atomic E-state index is 13.9. The molecule has 1 aromatic carbocycles. The van der Waals surface area contributed by atoms with E-state index in [0.29, 0.717) is 9.61 Å². The molecular formula is C14H14FIN2S. The average molecular weight is 388 g/mol. The summed E-state index contributed by atoms with van der Waals surface area (Å²) >= 11 is 7.52. The number of rotatable bonds is 3. The predicted octanol–water partition coefficient (Wildman–Crippen LogP) is 4.80. The van der Waals surface area contributed by atoms with Crippen LogP contribution < -0.4 is 0 Å². The van der Waals surface area contributed by atoms with Crippen molar-refractivity contribution < 1.29 is 4.39 Å². The SMILES string of the molecule is Fc1cc2c(cc1I)[nH]c(=S)n2C(C1CC1)C1CC1. The first-order valence-electron chi connectivity index (χ1n) is 6.74. The number of aromatic amines is 1. The molecule has 2 fully saturated rings. The van der Waals surface area contributed by atoms with Gasteiger partial charge in [-0.05, 0) is 78.4 Å². The van der Waals surface area contributed by atoms with Crippen LogP contribution in [0.15, 0.2) is 12.1 Å². The highest BCUT2D eigenvalue weighted by molar-refractivity contribution is 14.1. The van der Waals surface area contributed by atoms with Gasteiger partial charge >= 0.3 is 0 Å². The van der Waals surface area contributed by atoms with E-state index in [2.05, 4.69) is 9.55 Å². The predicted molar refractivity (Wildman–Crippen MR) is 84.3 cm³/mol. The third-order valence-corrected chi connectivity index (χ3v) is 5.39. The average Bonchev–Trinajstić information content (AvgIpc) is 3.24. The molecule has 2 nitrogen and oxygen atoms in total. The summed E-state index contributed by atoms with van der Waals surface area (Å²) in [5, 5.41) is 0. The van der Waals surface area contributed by atoms with E-state index in [-0.39, 0.29) is 5.82 Å². The van der Waals surface area contributed by atoms with Gasteiger partial charge in [0.1, 0.15) is 5.82 Å². The summed E-state index contributed by atoms with van der Waals surface area (Å²) in [6.45, 7) is 0. The van der Waals surface area contributed by atoms with Gasteiger partial charge in [-0.3, -0.25) is 0 Å². The van der Waals surface area contributed by atoms with Crippen molar-refractivity contribution in [2.75, 3.05) is 0 Å². The highest BCUT2D eigenvalue weighted by Crippen LogP contribution is 2.52. The minimum Gasteiger partial charge on any atom is -0.331 e. The van der Waals surface area contributed by atoms with Crippen LogP contribution in [0, 0.1) is 26.0 Å². The van der Waals surface area contributed by atoms with Crippen molar-refractivity contribution in [3.8, 4) is 0 Å². The van der Waals surface area contributed by atoms with E-state index >= 15 is 0 Å². The maximum atomic E-state index is 13.9. The van der Waals surface area contributed by atoms with Crippen molar-refractivity contribution in [1.82, 2.24) is 9.55 Å². The molecule has 2 aliphatic carbocycles. The van der Waals surface area contributed by atoms with Crippen molar-refractivity contribution in [2.24, 2.45) is 11.8 Å². The summed E-state index contributed by atoms with van der Waals surface area (Å²) < 4.78 is 17.5. The van der Waals surface area contributed by atoms with Gasteiger partial charge < -0.3 is 9.55 Å². The molecule has 100 valence electrons. The number of hydrogen-bond acceptors (Lipinski definition) is 1. The Balaban J connectivity index is 1.94. The summed E-state index contributed by atoms with van der Waals surface area (Å²) in [6.07, 6.45) is 5.18. The van der Waals surface area contributed by atoms with Crippen molar-refractivity contribution in [2.45, 2.75) is 31.7 Å². The summed E-state index contributed by atoms with van der Waals surface area (Å²) in [4.78, 5) is 3.25. The minimum absolute atomic E-state index is 0.152. The standard InChI is InChI=1S/C14H14FIN2S/c15-9-5-12-11(6-10(9)16)17-14(19)18(12)13(7-1-2-7)8-3-4-8/h5-8,13H,1-4H2,(H,17,19). The molecule has 5 heteroatoms. The van der Waals surface area contributed by atoms with E-state index in [1.807, 2.05) is 28.7 Å². The van der Waals surface area contributed by atoms with E-state index in [9.17, 15) is 4.39 Å². The van der Waals surface area contributed by atoms with Gasteiger partial charge in [0.15, 0.2) is 4.77 Å². The lowest BCUT2D eigenvalue weighted by Gasteiger charge is -2.18. The number of benzene rings is 1. The van der Waals surface area contributed by atoms with Crippen molar-refractivity contribution >= 4 is 45.8 Å². The third kappa shape index (κ3) is 2.05. The van der Waals surface area contributed by atoms with E-state index in [0.717, 1.165) is 27.6 Å². The number of H-pyrrole nitrogens is 1. The Hall–Kier alpha value is -0.430. The zero-order valence-electron chi connectivity index (χ0n) is 10.3. The first-order chi connectivity index (χ1) is 9.15. The molecule has 0 aliphatic heterocycles. The molecule has 0 bridgehead atoms. The third-order valence-electron chi connectivity index (χ3n) is 4.27. The number of nitrogens with zero attached hydrogens (tertiary/aromatic N) is 1. The Labute approximate surface area is 129 Å². The van der Waals surface area contributed by atoms with Gasteiger partial charge in [-0.2, -0.15) is 0 Å². The number of imidazole rings is 1. The summed E-state index contributed by atoms with van der Waals surface area (Å²) in [6, 6.07) is 3.98. The van der Waals surface area contributed by atoms with Crippen LogP contribution in [0.3, 0.4) is 0 Å². The molecule has 2 aliphatic rings. The molecule has 1 aromatic heterocycles. The Morgan fingerprint density at radius 3 is 2.47 bits per heavy atom. The number of aromatic nitrogens is 2. The molecule has 0 saturated heterocycles. The molecule has 0 unspecified atom stereocenters. The van der Waals surface area contributed by atoms with E-state index < -0.39 is 0 Å². The van der Waals surface area contributed by atoms with Gasteiger partial charge in [-0.25, -0.2) is 4.39 Å². The molecule has 2 saturated carbocycles. The van der Waals surface area contributed by atoms with Crippen LogP contribution in [0.25, 0.3) is 11.0 Å². The Morgan fingerprint density at radius 2 is 1.89 bits per heavy atom. The van der Waals surface area contributed by atoms with Gasteiger partial charge in [-0.15, -0.1) is 0 Å². The normalized spacial score (nSPS) is 19.5. The van der Waals surface area contributed by atoms with Crippen LogP contribution in [-0.2, 0) is 0 Å². The smallest absolute Gasteiger partial charge is 0.178 e. The molecule has 19 heavy (non-hydrogen) atoms. The van der Waals surface area contributed by atoms with Gasteiger partial charge in [0.25, 0.3) is 0 Å². The zero-order valence-corrected chi connectivity index (χ0v) is 13.3. The van der Waals surface area contributed by atoms with Crippen LogP contribution in [0.2, 0.25) is 0 Å². The fourth-order valence-corrected chi connectivity index (χ4v) is 3.90. The highest BCUT2D eigenvalue weighted by Gasteiger charge is 2.43. The fraction of sp³-hybridized carbons (Fsp3) is 0.500. The first kappa shape index (κ1) is 12.3. The molecule has 0 spiro atoms. The second kappa shape index (κ2) is 4.28. The number of nitrogens with one attached hydrogen (secondary N) is 1. The van der Waals surface area contributed by atoms with E-state index in [1.54, 1.807) is 6.07 Å². The van der Waals surface area contributed by atoms with Crippen molar-refractivity contribution in [3.05, 3.63) is 26.3 Å². The largest absolute Gasteiger partial charge is 0.331 e. The van der Waals surface area contributed by atoms with Crippen LogP contribution >= 0.6 is 34.8 Å². The topological polar surface area (TPSA) is 20.7 Å². The Kier molecular flexibility index (Phi) is 2.78. The second-order valence-corrected chi connectivity index (χ2v) is 7.30. The summed E-state index contributed by atoms with van der Waals surface area (Å²) in [5.41, 5.74) is 1.90. The van der Waals surface area contributed by atoms with Crippen molar-refractivity contribution in [3.63, 3.8) is 0 Å². The summed E-state index contributed by atoms with van der Waals surface area (Å²) in [5.74, 6) is 1.35. The van der Waals surface area contributed by atoms with Crippen LogP contribution in [-0.4, -0.2) is 9.55 Å². The van der Waals surface area contributed by atoms with Gasteiger partial charge in [0.2, 0.25) is 0 Å². The lowest BCUT2D eigenvalue weighted by molar-refractivity contribution is 0.400. The monoisotopic (exact) mass is 388 g/mol. The molecule has 0 amide bonds. The lowest BCUT2D eigenvalue weighted by atomic mass is 10.1. The molecule has 1 N–H and O–H groups in total.